The molecule has 0 aromatic rings. The molecule has 1 rings (SSSR count). The molecule has 1 saturated heterocycles. The Hall–Kier alpha value is -0.0200. The molecule has 1 aliphatic heterocycles. The summed E-state index contributed by atoms with van der Waals surface area (Å²) in [6.07, 6.45) is 2.83. The molecule has 13 heavy (non-hydrogen) atoms. The molecule has 0 unspecified atom stereocenters. The first-order valence-corrected chi connectivity index (χ1v) is 6.30. The summed E-state index contributed by atoms with van der Waals surface area (Å²) in [7, 11) is 0. The number of carbonyl (C=O) groups is 1. The molecule has 2 nitrogen and oxygen atoms in total. The minimum Gasteiger partial charge on any atom is -0.302 e. The molecular weight excluding hydrogens is 182 g/mol. The Balaban J connectivity index is 1.99. The predicted molar refractivity (Wildman–Crippen MR) is 58.3 cm³/mol. The Morgan fingerprint density at radius 3 is 2.69 bits per heavy atom. The number of likely N-dealkylation sites (tertiary alicyclic amines) is 1. The number of thioether (sulfide) groups is 1. The number of Topliss-reactive ketones (excluding diaryl/α,β-unsaturated/α-hetero) is 1. The normalized spacial score (nSPS) is 19.3. The number of hydrogen-bond acceptors (Lipinski definition) is 3. The van der Waals surface area contributed by atoms with Gasteiger partial charge in [-0.3, -0.25) is 4.79 Å². The lowest BCUT2D eigenvalue weighted by Crippen LogP contribution is -2.34. The summed E-state index contributed by atoms with van der Waals surface area (Å²) in [5, 5.41) is 0. The van der Waals surface area contributed by atoms with E-state index < -0.39 is 0 Å². The number of hydrogen-bond donors (Lipinski definition) is 0. The van der Waals surface area contributed by atoms with Gasteiger partial charge in [0.05, 0.1) is 0 Å². The zero-order chi connectivity index (χ0) is 9.52. The second-order valence-corrected chi connectivity index (χ2v) is 4.82. The quantitative estimate of drug-likeness (QED) is 0.633. The van der Waals surface area contributed by atoms with Gasteiger partial charge in [0, 0.05) is 25.9 Å². The second kappa shape index (κ2) is 6.44. The van der Waals surface area contributed by atoms with E-state index in [1.54, 1.807) is 0 Å². The summed E-state index contributed by atoms with van der Waals surface area (Å²) >= 11 is 2.00. The minimum absolute atomic E-state index is 0.444. The van der Waals surface area contributed by atoms with Crippen molar-refractivity contribution in [2.24, 2.45) is 0 Å². The fourth-order valence-corrected chi connectivity index (χ4v) is 2.18. The number of nitrogens with zero attached hydrogens (tertiary/aromatic N) is 1. The van der Waals surface area contributed by atoms with E-state index in [1.165, 1.54) is 24.5 Å². The van der Waals surface area contributed by atoms with Crippen molar-refractivity contribution < 1.29 is 4.79 Å². The van der Waals surface area contributed by atoms with Gasteiger partial charge < -0.3 is 4.90 Å². The summed E-state index contributed by atoms with van der Waals surface area (Å²) in [4.78, 5) is 13.4. The van der Waals surface area contributed by atoms with Crippen molar-refractivity contribution in [1.82, 2.24) is 4.90 Å². The van der Waals surface area contributed by atoms with Crippen molar-refractivity contribution in [1.29, 1.82) is 0 Å². The monoisotopic (exact) mass is 201 g/mol. The molecule has 1 aliphatic rings. The van der Waals surface area contributed by atoms with Crippen LogP contribution < -0.4 is 0 Å². The number of rotatable bonds is 5. The smallest absolute Gasteiger partial charge is 0.135 e. The Labute approximate surface area is 85.1 Å². The van der Waals surface area contributed by atoms with Gasteiger partial charge in [-0.1, -0.05) is 6.92 Å². The van der Waals surface area contributed by atoms with Crippen molar-refractivity contribution in [2.45, 2.75) is 26.2 Å². The van der Waals surface area contributed by atoms with Gasteiger partial charge in [0.2, 0.25) is 0 Å². The van der Waals surface area contributed by atoms with E-state index in [1.807, 2.05) is 11.8 Å². The third-order valence-electron chi connectivity index (χ3n) is 2.38. The molecular formula is C10H19NOS. The Morgan fingerprint density at radius 2 is 2.08 bits per heavy atom. The molecule has 0 aliphatic carbocycles. The van der Waals surface area contributed by atoms with E-state index in [9.17, 15) is 4.79 Å². The predicted octanol–water partition coefficient (Wildman–Crippen LogP) is 1.79. The summed E-state index contributed by atoms with van der Waals surface area (Å²) in [5.74, 6) is 2.93. The average Bonchev–Trinajstić information content (AvgIpc) is 2.15. The van der Waals surface area contributed by atoms with Crippen LogP contribution in [0.5, 0.6) is 0 Å². The molecule has 0 bridgehead atoms. The Kier molecular flexibility index (Phi) is 5.47. The van der Waals surface area contributed by atoms with Gasteiger partial charge >= 0.3 is 0 Å². The van der Waals surface area contributed by atoms with Crippen LogP contribution in [0.4, 0.5) is 0 Å². The standard InChI is InChI=1S/C10H19NOS/c1-2-13-9-3-6-11-7-4-10(12)5-8-11/h2-9H2,1H3. The van der Waals surface area contributed by atoms with Crippen molar-refractivity contribution in [3.63, 3.8) is 0 Å². The van der Waals surface area contributed by atoms with Crippen LogP contribution in [-0.4, -0.2) is 41.8 Å². The average molecular weight is 201 g/mol. The molecule has 0 saturated carbocycles. The van der Waals surface area contributed by atoms with E-state index in [2.05, 4.69) is 11.8 Å². The zero-order valence-corrected chi connectivity index (χ0v) is 9.24. The highest BCUT2D eigenvalue weighted by Crippen LogP contribution is 2.08. The number of carbonyl (C=O) groups excluding carboxylic acids is 1. The van der Waals surface area contributed by atoms with Crippen LogP contribution in [-0.2, 0) is 4.79 Å². The van der Waals surface area contributed by atoms with E-state index in [0.717, 1.165) is 25.9 Å². The highest BCUT2D eigenvalue weighted by Gasteiger charge is 2.14. The maximum absolute atomic E-state index is 11.0. The van der Waals surface area contributed by atoms with Gasteiger partial charge in [-0.15, -0.1) is 0 Å². The maximum Gasteiger partial charge on any atom is 0.135 e. The van der Waals surface area contributed by atoms with Crippen LogP contribution in [0.1, 0.15) is 26.2 Å². The Morgan fingerprint density at radius 1 is 1.38 bits per heavy atom. The molecule has 3 heteroatoms. The first-order chi connectivity index (χ1) is 6.33. The largest absolute Gasteiger partial charge is 0.302 e. The zero-order valence-electron chi connectivity index (χ0n) is 8.42. The van der Waals surface area contributed by atoms with Gasteiger partial charge in [0.1, 0.15) is 5.78 Å². The van der Waals surface area contributed by atoms with Crippen LogP contribution in [0, 0.1) is 0 Å². The third-order valence-corrected chi connectivity index (χ3v) is 3.37. The lowest BCUT2D eigenvalue weighted by Gasteiger charge is -2.25. The third kappa shape index (κ3) is 4.67. The SMILES string of the molecule is CCSCCCN1CCC(=O)CC1. The molecule has 0 aromatic carbocycles. The molecule has 1 heterocycles. The van der Waals surface area contributed by atoms with Gasteiger partial charge in [-0.05, 0) is 24.5 Å². The van der Waals surface area contributed by atoms with Gasteiger partial charge in [0.25, 0.3) is 0 Å². The van der Waals surface area contributed by atoms with E-state index in [4.69, 9.17) is 0 Å². The summed E-state index contributed by atoms with van der Waals surface area (Å²) in [5.41, 5.74) is 0. The molecule has 76 valence electrons. The first kappa shape index (κ1) is 11.1. The summed E-state index contributed by atoms with van der Waals surface area (Å²) < 4.78 is 0. The summed E-state index contributed by atoms with van der Waals surface area (Å²) in [6.45, 7) is 5.37. The van der Waals surface area contributed by atoms with Gasteiger partial charge in [0.15, 0.2) is 0 Å². The fourth-order valence-electron chi connectivity index (χ4n) is 1.56. The first-order valence-electron chi connectivity index (χ1n) is 5.14. The molecule has 0 radical (unpaired) electrons. The van der Waals surface area contributed by atoms with Crippen LogP contribution in [0.3, 0.4) is 0 Å². The molecule has 0 aromatic heterocycles. The van der Waals surface area contributed by atoms with Gasteiger partial charge in [-0.2, -0.15) is 11.8 Å². The molecule has 0 N–H and O–H groups in total. The van der Waals surface area contributed by atoms with E-state index in [0.29, 0.717) is 5.78 Å². The molecule has 0 spiro atoms. The van der Waals surface area contributed by atoms with E-state index in [-0.39, 0.29) is 0 Å². The topological polar surface area (TPSA) is 20.3 Å². The van der Waals surface area contributed by atoms with Crippen molar-refractivity contribution >= 4 is 17.5 Å². The van der Waals surface area contributed by atoms with Crippen molar-refractivity contribution in [3.8, 4) is 0 Å². The highest BCUT2D eigenvalue weighted by atomic mass is 32.2. The lowest BCUT2D eigenvalue weighted by molar-refractivity contribution is -0.121. The van der Waals surface area contributed by atoms with Crippen LogP contribution in [0.15, 0.2) is 0 Å². The molecule has 1 fully saturated rings. The van der Waals surface area contributed by atoms with Crippen molar-refractivity contribution in [2.75, 3.05) is 31.1 Å². The number of piperidine rings is 1. The molecule has 0 amide bonds. The minimum atomic E-state index is 0.444. The van der Waals surface area contributed by atoms with E-state index >= 15 is 0 Å². The lowest BCUT2D eigenvalue weighted by atomic mass is 10.1. The fraction of sp³-hybridized carbons (Fsp3) is 0.900. The Bertz CT molecular complexity index is 151. The summed E-state index contributed by atoms with van der Waals surface area (Å²) in [6, 6.07) is 0. The van der Waals surface area contributed by atoms with Crippen LogP contribution in [0.25, 0.3) is 0 Å². The highest BCUT2D eigenvalue weighted by molar-refractivity contribution is 7.99. The second-order valence-electron chi connectivity index (χ2n) is 3.43. The van der Waals surface area contributed by atoms with Crippen molar-refractivity contribution in [3.05, 3.63) is 0 Å². The molecule has 0 atom stereocenters. The van der Waals surface area contributed by atoms with Gasteiger partial charge in [-0.25, -0.2) is 0 Å². The number of ketones is 1. The van der Waals surface area contributed by atoms with Crippen LogP contribution >= 0.6 is 11.8 Å². The maximum atomic E-state index is 11.0. The van der Waals surface area contributed by atoms with Crippen LogP contribution in [0.2, 0.25) is 0 Å².